The SMILES string of the molecule is CN=C(C[N+](=O)[O-])N(C)CCc1cccnc1. The Bertz CT molecular complexity index is 392. The van der Waals surface area contributed by atoms with Crippen LogP contribution in [0, 0.1) is 10.1 Å². The second kappa shape index (κ2) is 6.57. The number of rotatable bonds is 5. The Hall–Kier alpha value is -1.98. The van der Waals surface area contributed by atoms with Crippen LogP contribution in [0.5, 0.6) is 0 Å². The molecule has 0 bridgehead atoms. The van der Waals surface area contributed by atoms with E-state index in [-0.39, 0.29) is 11.5 Å². The summed E-state index contributed by atoms with van der Waals surface area (Å²) in [6.45, 7) is 0.451. The predicted molar refractivity (Wildman–Crippen MR) is 65.8 cm³/mol. The van der Waals surface area contributed by atoms with Gasteiger partial charge in [-0.1, -0.05) is 6.07 Å². The van der Waals surface area contributed by atoms with E-state index in [4.69, 9.17) is 0 Å². The summed E-state index contributed by atoms with van der Waals surface area (Å²) in [5.41, 5.74) is 1.11. The Morgan fingerprint density at radius 3 is 2.94 bits per heavy atom. The van der Waals surface area contributed by atoms with Crippen LogP contribution in [0.1, 0.15) is 5.56 Å². The van der Waals surface area contributed by atoms with Crippen molar-refractivity contribution in [1.82, 2.24) is 9.88 Å². The van der Waals surface area contributed by atoms with E-state index >= 15 is 0 Å². The van der Waals surface area contributed by atoms with Crippen LogP contribution in [0.25, 0.3) is 0 Å². The summed E-state index contributed by atoms with van der Waals surface area (Å²) in [5.74, 6) is 0.485. The van der Waals surface area contributed by atoms with Gasteiger partial charge in [0.05, 0.1) is 0 Å². The van der Waals surface area contributed by atoms with E-state index < -0.39 is 0 Å². The maximum Gasteiger partial charge on any atom is 0.260 e. The number of hydrogen-bond donors (Lipinski definition) is 0. The molecule has 0 spiro atoms. The highest BCUT2D eigenvalue weighted by Crippen LogP contribution is 1.99. The summed E-state index contributed by atoms with van der Waals surface area (Å²) in [4.78, 5) is 19.8. The smallest absolute Gasteiger partial charge is 0.260 e. The maximum absolute atomic E-state index is 10.4. The number of hydrogen-bond acceptors (Lipinski definition) is 4. The maximum atomic E-state index is 10.4. The molecule has 1 aromatic rings. The van der Waals surface area contributed by atoms with Gasteiger partial charge in [-0.25, -0.2) is 0 Å². The molecule has 92 valence electrons. The summed E-state index contributed by atoms with van der Waals surface area (Å²) < 4.78 is 0. The van der Waals surface area contributed by atoms with Gasteiger partial charge < -0.3 is 4.90 Å². The van der Waals surface area contributed by atoms with Crippen molar-refractivity contribution in [3.8, 4) is 0 Å². The van der Waals surface area contributed by atoms with Gasteiger partial charge in [-0.3, -0.25) is 20.1 Å². The van der Waals surface area contributed by atoms with Crippen LogP contribution < -0.4 is 0 Å². The Balaban J connectivity index is 2.48. The van der Waals surface area contributed by atoms with Crippen molar-refractivity contribution in [3.05, 3.63) is 40.2 Å². The molecule has 0 fully saturated rings. The molecule has 0 aromatic carbocycles. The first-order valence-corrected chi connectivity index (χ1v) is 5.31. The zero-order valence-corrected chi connectivity index (χ0v) is 10.0. The van der Waals surface area contributed by atoms with Gasteiger partial charge in [0.25, 0.3) is 6.54 Å². The normalized spacial score (nSPS) is 11.3. The van der Waals surface area contributed by atoms with Crippen molar-refractivity contribution < 1.29 is 4.92 Å². The molecule has 0 amide bonds. The number of aromatic nitrogens is 1. The topological polar surface area (TPSA) is 71.6 Å². The molecular weight excluding hydrogens is 220 g/mol. The van der Waals surface area contributed by atoms with Gasteiger partial charge in [0, 0.05) is 38.0 Å². The first-order valence-electron chi connectivity index (χ1n) is 5.31. The minimum absolute atomic E-state index is 0.236. The summed E-state index contributed by atoms with van der Waals surface area (Å²) in [6, 6.07) is 3.86. The zero-order valence-electron chi connectivity index (χ0n) is 10.0. The number of nitrogens with zero attached hydrogens (tertiary/aromatic N) is 4. The lowest BCUT2D eigenvalue weighted by Crippen LogP contribution is -2.34. The van der Waals surface area contributed by atoms with Gasteiger partial charge in [-0.15, -0.1) is 0 Å². The fraction of sp³-hybridized carbons (Fsp3) is 0.455. The van der Waals surface area contributed by atoms with Crippen LogP contribution in [0.3, 0.4) is 0 Å². The van der Waals surface area contributed by atoms with Gasteiger partial charge >= 0.3 is 0 Å². The summed E-state index contributed by atoms with van der Waals surface area (Å²) in [5, 5.41) is 10.4. The van der Waals surface area contributed by atoms with Gasteiger partial charge in [0.1, 0.15) is 0 Å². The second-order valence-electron chi connectivity index (χ2n) is 3.66. The van der Waals surface area contributed by atoms with Crippen molar-refractivity contribution in [2.24, 2.45) is 4.99 Å². The van der Waals surface area contributed by atoms with E-state index in [0.29, 0.717) is 12.4 Å². The van der Waals surface area contributed by atoms with Gasteiger partial charge in [0.15, 0.2) is 5.84 Å². The largest absolute Gasteiger partial charge is 0.358 e. The summed E-state index contributed by atoms with van der Waals surface area (Å²) in [7, 11) is 3.38. The molecule has 6 nitrogen and oxygen atoms in total. The molecule has 0 radical (unpaired) electrons. The fourth-order valence-corrected chi connectivity index (χ4v) is 1.45. The molecule has 6 heteroatoms. The van der Waals surface area contributed by atoms with Crippen LogP contribution in [0.2, 0.25) is 0 Å². The number of likely N-dealkylation sites (N-methyl/N-ethyl adjacent to an activating group) is 1. The summed E-state index contributed by atoms with van der Waals surface area (Å²) in [6.07, 6.45) is 4.31. The van der Waals surface area contributed by atoms with Crippen molar-refractivity contribution >= 4 is 5.84 Å². The Morgan fingerprint density at radius 1 is 1.65 bits per heavy atom. The molecule has 0 saturated heterocycles. The standard InChI is InChI=1S/C11H16N4O2/c1-12-11(9-15(16)17)14(2)7-5-10-4-3-6-13-8-10/h3-4,6,8H,5,7,9H2,1-2H3. The molecule has 0 unspecified atom stereocenters. The van der Waals surface area contributed by atoms with Crippen molar-refractivity contribution in [3.63, 3.8) is 0 Å². The average Bonchev–Trinajstić information content (AvgIpc) is 2.34. The molecular formula is C11H16N4O2. The summed E-state index contributed by atoms with van der Waals surface area (Å²) >= 11 is 0. The van der Waals surface area contributed by atoms with Gasteiger partial charge in [0.2, 0.25) is 0 Å². The molecule has 0 aliphatic rings. The highest BCUT2D eigenvalue weighted by molar-refractivity contribution is 5.82. The quantitative estimate of drug-likeness (QED) is 0.329. The van der Waals surface area contributed by atoms with Crippen molar-refractivity contribution in [1.29, 1.82) is 0 Å². The number of amidine groups is 1. The first-order chi connectivity index (χ1) is 8.13. The Morgan fingerprint density at radius 2 is 2.41 bits per heavy atom. The van der Waals surface area contributed by atoms with Crippen molar-refractivity contribution in [2.45, 2.75) is 6.42 Å². The third-order valence-corrected chi connectivity index (χ3v) is 2.43. The van der Waals surface area contributed by atoms with Crippen LogP contribution in [-0.4, -0.2) is 47.8 Å². The Kier molecular flexibility index (Phi) is 5.06. The van der Waals surface area contributed by atoms with Crippen LogP contribution in [0.15, 0.2) is 29.5 Å². The first kappa shape index (κ1) is 13.1. The van der Waals surface area contributed by atoms with E-state index in [2.05, 4.69) is 9.98 Å². The number of pyridine rings is 1. The van der Waals surface area contributed by atoms with Gasteiger partial charge in [-0.2, -0.15) is 0 Å². The number of aliphatic imine (C=N–C) groups is 1. The molecule has 1 heterocycles. The zero-order chi connectivity index (χ0) is 12.7. The monoisotopic (exact) mass is 236 g/mol. The van der Waals surface area contributed by atoms with Crippen LogP contribution in [0.4, 0.5) is 0 Å². The molecule has 0 atom stereocenters. The lowest BCUT2D eigenvalue weighted by Gasteiger charge is -2.18. The van der Waals surface area contributed by atoms with E-state index in [0.717, 1.165) is 12.0 Å². The minimum atomic E-state index is -0.372. The Labute approximate surface area is 100 Å². The predicted octanol–water partition coefficient (Wildman–Crippen LogP) is 0.861. The average molecular weight is 236 g/mol. The molecule has 0 aliphatic carbocycles. The van der Waals surface area contributed by atoms with Crippen LogP contribution >= 0.6 is 0 Å². The molecule has 1 aromatic heterocycles. The van der Waals surface area contributed by atoms with Crippen LogP contribution in [-0.2, 0) is 6.42 Å². The molecule has 0 aliphatic heterocycles. The van der Waals surface area contributed by atoms with E-state index in [1.807, 2.05) is 19.2 Å². The lowest BCUT2D eigenvalue weighted by atomic mass is 10.2. The minimum Gasteiger partial charge on any atom is -0.358 e. The molecule has 0 saturated carbocycles. The highest BCUT2D eigenvalue weighted by Gasteiger charge is 2.11. The molecule has 17 heavy (non-hydrogen) atoms. The lowest BCUT2D eigenvalue weighted by molar-refractivity contribution is -0.464. The highest BCUT2D eigenvalue weighted by atomic mass is 16.6. The van der Waals surface area contributed by atoms with E-state index in [1.54, 1.807) is 24.3 Å². The third kappa shape index (κ3) is 4.58. The second-order valence-corrected chi connectivity index (χ2v) is 3.66. The third-order valence-electron chi connectivity index (χ3n) is 2.43. The van der Waals surface area contributed by atoms with E-state index in [9.17, 15) is 10.1 Å². The van der Waals surface area contributed by atoms with E-state index in [1.165, 1.54) is 0 Å². The fourth-order valence-electron chi connectivity index (χ4n) is 1.45. The number of nitro groups is 1. The van der Waals surface area contributed by atoms with Gasteiger partial charge in [-0.05, 0) is 18.1 Å². The molecule has 1 rings (SSSR count). The molecule has 0 N–H and O–H groups in total. The van der Waals surface area contributed by atoms with Crippen molar-refractivity contribution in [2.75, 3.05) is 27.2 Å².